The van der Waals surface area contributed by atoms with E-state index in [0.717, 1.165) is 41.6 Å². The number of carboxylic acids is 1. The lowest BCUT2D eigenvalue weighted by molar-refractivity contribution is -0.127. The van der Waals surface area contributed by atoms with E-state index in [1.807, 2.05) is 32.9 Å². The Labute approximate surface area is 291 Å². The predicted molar refractivity (Wildman–Crippen MR) is 199 cm³/mol. The highest BCUT2D eigenvalue weighted by Crippen LogP contribution is 2.69. The van der Waals surface area contributed by atoms with E-state index in [2.05, 4.69) is 66.0 Å². The predicted octanol–water partition coefficient (Wildman–Crippen LogP) is 11.5. The molecule has 5 aliphatic rings. The molecule has 0 spiro atoms. The smallest absolute Gasteiger partial charge is 0.337 e. The highest BCUT2D eigenvalue weighted by Gasteiger charge is 2.60. The van der Waals surface area contributed by atoms with Gasteiger partial charge in [-0.05, 0) is 140 Å². The second-order valence-corrected chi connectivity index (χ2v) is 15.0. The summed E-state index contributed by atoms with van der Waals surface area (Å²) in [4.78, 5) is 19.8. The van der Waals surface area contributed by atoms with Crippen LogP contribution in [-0.4, -0.2) is 22.7 Å². The van der Waals surface area contributed by atoms with Gasteiger partial charge in [0.15, 0.2) is 0 Å². The molecule has 0 saturated heterocycles. The number of carboxylic acid groups (broad SMARTS) is 2. The van der Waals surface area contributed by atoms with E-state index in [4.69, 9.17) is 21.5 Å². The molecule has 5 aliphatic carbocycles. The molecule has 0 radical (unpaired) electrons. The Hall–Kier alpha value is -2.95. The van der Waals surface area contributed by atoms with Crippen molar-refractivity contribution < 1.29 is 19.8 Å². The molecule has 6 rings (SSSR count). The van der Waals surface area contributed by atoms with Gasteiger partial charge in [-0.1, -0.05) is 77.8 Å². The maximum atomic E-state index is 11.5. The van der Waals surface area contributed by atoms with Gasteiger partial charge in [0.25, 0.3) is 6.47 Å². The third-order valence-corrected chi connectivity index (χ3v) is 12.7. The molecule has 1 aromatic carbocycles. The Balaban J connectivity index is 0.000000820. The van der Waals surface area contributed by atoms with Crippen molar-refractivity contribution in [2.45, 2.75) is 113 Å². The molecule has 6 unspecified atom stereocenters. The molecule has 4 saturated carbocycles. The van der Waals surface area contributed by atoms with Crippen molar-refractivity contribution in [2.75, 3.05) is 0 Å². The Bertz CT molecular complexity index is 1250. The molecule has 47 heavy (non-hydrogen) atoms. The van der Waals surface area contributed by atoms with E-state index in [1.54, 1.807) is 12.1 Å². The van der Waals surface area contributed by atoms with Crippen molar-refractivity contribution in [3.8, 4) is 25.7 Å². The Morgan fingerprint density at radius 3 is 2.02 bits per heavy atom. The van der Waals surface area contributed by atoms with Crippen molar-refractivity contribution in [1.29, 1.82) is 0 Å². The third kappa shape index (κ3) is 8.38. The SMILES string of the molecule is C#C.C#C.C=CC.CC.CC1(C)C(c2ccc(C(=O)O)c(Cl)c2)=CC[C@]2(C)C3CCC4C(CC[C@@]5(C)CCCC45)C3CCC12.O=CO. The number of fused-ring (bicyclic) bond motifs is 7. The van der Waals surface area contributed by atoms with Crippen LogP contribution in [0.5, 0.6) is 0 Å². The molecule has 0 heterocycles. The minimum atomic E-state index is -0.958. The third-order valence-electron chi connectivity index (χ3n) is 12.4. The molecule has 4 nitrogen and oxygen atoms in total. The zero-order valence-corrected chi connectivity index (χ0v) is 30.9. The van der Waals surface area contributed by atoms with Crippen LogP contribution in [0.1, 0.15) is 129 Å². The molecular formula is C42H61ClO4. The first-order valence-electron chi connectivity index (χ1n) is 17.4. The van der Waals surface area contributed by atoms with Crippen LogP contribution in [0.25, 0.3) is 5.57 Å². The zero-order valence-electron chi connectivity index (χ0n) is 30.1. The molecule has 0 bridgehead atoms. The van der Waals surface area contributed by atoms with Crippen molar-refractivity contribution in [3.63, 3.8) is 0 Å². The largest absolute Gasteiger partial charge is 0.483 e. The van der Waals surface area contributed by atoms with Gasteiger partial charge in [-0.15, -0.1) is 32.3 Å². The normalized spacial score (nSPS) is 33.4. The van der Waals surface area contributed by atoms with E-state index < -0.39 is 5.97 Å². The van der Waals surface area contributed by atoms with Crippen molar-refractivity contribution in [2.24, 2.45) is 51.8 Å². The van der Waals surface area contributed by atoms with Crippen LogP contribution in [0.4, 0.5) is 0 Å². The Morgan fingerprint density at radius 1 is 0.915 bits per heavy atom. The standard InChI is InChI=1S/C32H43ClO2.C3H6.C2H6.2C2H2.CH2O2/c1-30(2)24(19-7-8-23(29(34)35)27(33)18-19)14-17-32(4)26-11-9-21-20(22(26)10-12-28(30)32)13-16-31(3)15-5-6-25(21)31;1-3-2;3*1-2;2-1-3/h7-8,14,18,20-22,25-26,28H,5-6,9-13,15-17H2,1-4H3,(H,34,35);3H,1H2,2H3;1-2H3;2*1-2H;1H,(H,2,3)/t20?,21?,22?,25?,26?,28?,31-,32-;;;;;/m1...../s1. The summed E-state index contributed by atoms with van der Waals surface area (Å²) in [5, 5.41) is 16.6. The summed E-state index contributed by atoms with van der Waals surface area (Å²) in [5.74, 6) is 4.44. The van der Waals surface area contributed by atoms with Gasteiger partial charge in [0.05, 0.1) is 10.6 Å². The summed E-state index contributed by atoms with van der Waals surface area (Å²) >= 11 is 6.40. The van der Waals surface area contributed by atoms with E-state index >= 15 is 0 Å². The van der Waals surface area contributed by atoms with Gasteiger partial charge in [0, 0.05) is 0 Å². The lowest BCUT2D eigenvalue weighted by atomic mass is 9.41. The summed E-state index contributed by atoms with van der Waals surface area (Å²) in [6, 6.07) is 5.55. The number of carbonyl (C=O) groups is 2. The van der Waals surface area contributed by atoms with E-state index in [1.165, 1.54) is 63.4 Å². The number of benzene rings is 1. The summed E-state index contributed by atoms with van der Waals surface area (Å²) in [7, 11) is 0. The van der Waals surface area contributed by atoms with Crippen LogP contribution in [-0.2, 0) is 4.79 Å². The van der Waals surface area contributed by atoms with E-state index in [-0.39, 0.29) is 17.5 Å². The lowest BCUT2D eigenvalue weighted by Gasteiger charge is -2.64. The average molecular weight is 665 g/mol. The average Bonchev–Trinajstić information content (AvgIpc) is 3.46. The van der Waals surface area contributed by atoms with Crippen molar-refractivity contribution in [3.05, 3.63) is 53.1 Å². The van der Waals surface area contributed by atoms with Gasteiger partial charge in [0.2, 0.25) is 0 Å². The summed E-state index contributed by atoms with van der Waals surface area (Å²) in [5.41, 5.74) is 3.73. The first kappa shape index (κ1) is 42.1. The first-order valence-corrected chi connectivity index (χ1v) is 17.8. The van der Waals surface area contributed by atoms with Gasteiger partial charge in [-0.3, -0.25) is 4.79 Å². The van der Waals surface area contributed by atoms with E-state index in [9.17, 15) is 9.90 Å². The molecule has 2 N–H and O–H groups in total. The number of allylic oxidation sites excluding steroid dienone is 3. The molecule has 4 fully saturated rings. The molecule has 5 heteroatoms. The second-order valence-electron chi connectivity index (χ2n) is 14.6. The van der Waals surface area contributed by atoms with Gasteiger partial charge < -0.3 is 10.2 Å². The second kappa shape index (κ2) is 18.6. The van der Waals surface area contributed by atoms with Crippen LogP contribution in [0, 0.1) is 77.4 Å². The Morgan fingerprint density at radius 2 is 1.47 bits per heavy atom. The molecule has 0 amide bonds. The number of rotatable bonds is 2. The fraction of sp³-hybridized carbons (Fsp3) is 0.619. The van der Waals surface area contributed by atoms with Crippen LogP contribution in [0.15, 0.2) is 36.9 Å². The molecule has 1 aromatic rings. The van der Waals surface area contributed by atoms with Crippen molar-refractivity contribution in [1.82, 2.24) is 0 Å². The van der Waals surface area contributed by atoms with Gasteiger partial charge in [0.1, 0.15) is 0 Å². The quantitative estimate of drug-likeness (QED) is 0.187. The van der Waals surface area contributed by atoms with Crippen LogP contribution >= 0.6 is 11.6 Å². The maximum absolute atomic E-state index is 11.5. The number of aromatic carboxylic acids is 1. The topological polar surface area (TPSA) is 74.6 Å². The number of hydrogen-bond donors (Lipinski definition) is 2. The number of terminal acetylenes is 2. The minimum Gasteiger partial charge on any atom is -0.483 e. The van der Waals surface area contributed by atoms with Crippen LogP contribution < -0.4 is 0 Å². The summed E-state index contributed by atoms with van der Waals surface area (Å²) in [6.45, 7) is 19.1. The van der Waals surface area contributed by atoms with Gasteiger partial charge in [-0.2, -0.15) is 0 Å². The monoisotopic (exact) mass is 664 g/mol. The van der Waals surface area contributed by atoms with Crippen LogP contribution in [0.3, 0.4) is 0 Å². The van der Waals surface area contributed by atoms with Crippen LogP contribution in [0.2, 0.25) is 5.02 Å². The molecule has 0 aliphatic heterocycles. The number of halogens is 1. The highest BCUT2D eigenvalue weighted by atomic mass is 35.5. The fourth-order valence-electron chi connectivity index (χ4n) is 10.9. The van der Waals surface area contributed by atoms with Crippen molar-refractivity contribution >= 4 is 29.6 Å². The molecule has 8 atom stereocenters. The number of hydrogen-bond acceptors (Lipinski definition) is 2. The first-order chi connectivity index (χ1) is 22.4. The summed E-state index contributed by atoms with van der Waals surface area (Å²) < 4.78 is 0. The van der Waals surface area contributed by atoms with Gasteiger partial charge in [-0.25, -0.2) is 4.79 Å². The minimum absolute atomic E-state index is 0.0550. The fourth-order valence-corrected chi connectivity index (χ4v) is 11.2. The summed E-state index contributed by atoms with van der Waals surface area (Å²) in [6.07, 6.45) is 34.5. The van der Waals surface area contributed by atoms with E-state index in [0.29, 0.717) is 21.8 Å². The van der Waals surface area contributed by atoms with Gasteiger partial charge >= 0.3 is 5.97 Å². The molecule has 260 valence electrons. The molecule has 0 aromatic heterocycles. The molecular weight excluding hydrogens is 604 g/mol. The maximum Gasteiger partial charge on any atom is 0.337 e. The zero-order chi connectivity index (χ0) is 36.2. The lowest BCUT2D eigenvalue weighted by Crippen LogP contribution is -2.56. The highest BCUT2D eigenvalue weighted by molar-refractivity contribution is 6.33. The Kier molecular flexibility index (Phi) is 16.6.